The maximum absolute atomic E-state index is 14.4. The van der Waals surface area contributed by atoms with Crippen LogP contribution in [0.5, 0.6) is 23.1 Å². The van der Waals surface area contributed by atoms with Crippen molar-refractivity contribution in [1.29, 1.82) is 0 Å². The normalized spacial score (nSPS) is 18.7. The van der Waals surface area contributed by atoms with Crippen LogP contribution in [0.3, 0.4) is 0 Å². The third kappa shape index (κ3) is 9.71. The number of benzene rings is 3. The van der Waals surface area contributed by atoms with Gasteiger partial charge in [-0.05, 0) is 92.4 Å². The van der Waals surface area contributed by atoms with Gasteiger partial charge in [-0.3, -0.25) is 4.90 Å². The molecule has 0 radical (unpaired) electrons. The lowest BCUT2D eigenvalue weighted by Gasteiger charge is -2.35. The van der Waals surface area contributed by atoms with E-state index < -0.39 is 24.0 Å². The lowest BCUT2D eigenvalue weighted by molar-refractivity contribution is -0.145. The number of aromatic nitrogens is 4. The van der Waals surface area contributed by atoms with E-state index in [2.05, 4.69) is 36.7 Å². The van der Waals surface area contributed by atoms with Crippen LogP contribution < -0.4 is 23.8 Å². The first kappa shape index (κ1) is 45.8. The van der Waals surface area contributed by atoms with Gasteiger partial charge in [0.2, 0.25) is 17.9 Å². The number of halogens is 3. The monoisotopic (exact) mass is 957 g/mol. The summed E-state index contributed by atoms with van der Waals surface area (Å²) >= 11 is 16.0. The van der Waals surface area contributed by atoms with Crippen molar-refractivity contribution in [2.75, 3.05) is 71.5 Å². The molecule has 6 aromatic rings. The number of likely N-dealkylation sites (N-methyl/N-ethyl adjacent to an activating group) is 1. The van der Waals surface area contributed by atoms with Gasteiger partial charge < -0.3 is 38.6 Å². The second kappa shape index (κ2) is 19.9. The Labute approximate surface area is 396 Å². The van der Waals surface area contributed by atoms with E-state index in [9.17, 15) is 14.3 Å². The van der Waals surface area contributed by atoms with E-state index in [1.165, 1.54) is 29.8 Å². The first-order chi connectivity index (χ1) is 31.9. The molecule has 2 atom stereocenters. The Bertz CT molecular complexity index is 2700. The van der Waals surface area contributed by atoms with E-state index in [4.69, 9.17) is 51.9 Å². The number of hydrogen-bond acceptors (Lipinski definition) is 14. The molecule has 7 heterocycles. The average molecular weight is 959 g/mol. The molecule has 0 aliphatic carbocycles. The predicted octanol–water partition coefficient (Wildman–Crippen LogP) is 8.53. The molecule has 346 valence electrons. The largest absolute Gasteiger partial charge is 0.490 e. The van der Waals surface area contributed by atoms with Crippen molar-refractivity contribution in [3.05, 3.63) is 99.3 Å². The fourth-order valence-corrected chi connectivity index (χ4v) is 10.4. The molecule has 0 unspecified atom stereocenters. The van der Waals surface area contributed by atoms with E-state index >= 15 is 0 Å². The fraction of sp³-hybridized carbons (Fsp3) is 0.396. The Morgan fingerprint density at radius 3 is 2.39 bits per heavy atom. The number of hydrogen-bond donors (Lipinski definition) is 1. The second-order valence-electron chi connectivity index (χ2n) is 16.9. The fourth-order valence-electron chi connectivity index (χ4n) is 8.77. The van der Waals surface area contributed by atoms with Crippen molar-refractivity contribution in [1.82, 2.24) is 29.7 Å². The molecule has 18 heteroatoms. The molecule has 4 bridgehead atoms. The van der Waals surface area contributed by atoms with Crippen LogP contribution in [0.25, 0.3) is 31.8 Å². The molecule has 10 rings (SSSR count). The van der Waals surface area contributed by atoms with Crippen LogP contribution in [0.15, 0.2) is 61.1 Å². The van der Waals surface area contributed by atoms with Gasteiger partial charge in [0, 0.05) is 81.5 Å². The van der Waals surface area contributed by atoms with Crippen molar-refractivity contribution in [3.8, 4) is 44.7 Å². The summed E-state index contributed by atoms with van der Waals surface area (Å²) in [4.78, 5) is 39.8. The van der Waals surface area contributed by atoms with E-state index in [0.717, 1.165) is 52.1 Å². The number of piperazine rings is 1. The molecule has 0 spiro atoms. The minimum absolute atomic E-state index is 0.0351. The van der Waals surface area contributed by atoms with Crippen LogP contribution in [0, 0.1) is 19.7 Å². The van der Waals surface area contributed by atoms with Crippen LogP contribution >= 0.6 is 34.5 Å². The molecule has 66 heavy (non-hydrogen) atoms. The number of carboxylic acid groups (broad SMARTS) is 1. The molecule has 2 fully saturated rings. The van der Waals surface area contributed by atoms with Crippen molar-refractivity contribution in [2.24, 2.45) is 0 Å². The van der Waals surface area contributed by atoms with Gasteiger partial charge in [0.15, 0.2) is 5.75 Å². The first-order valence-electron chi connectivity index (χ1n) is 21.9. The van der Waals surface area contributed by atoms with E-state index in [-0.39, 0.29) is 31.6 Å². The van der Waals surface area contributed by atoms with Crippen LogP contribution in [-0.2, 0) is 22.6 Å². The molecular weight excluding hydrogens is 909 g/mol. The van der Waals surface area contributed by atoms with E-state index in [1.807, 2.05) is 13.8 Å². The second-order valence-corrected chi connectivity index (χ2v) is 18.6. The standard InChI is InChI=1S/C48H50Cl2FN7O7S/c1-27-38-28(2)42(50)43(41(27)49)64-35(23-57-19-17-56(3)18-20-57)25-62-34-9-10-36(63-24-32-11-14-52-48(55-32)58-15-12-33(61-4)13-16-58)30(21-34)22-37(47(59)60)65-45-40-39(38)44(66-46(40)54-26-53-45)29-5-7-31(51)8-6-29/h5-11,14,21,26,33,35,37H,12-13,15-20,22-25H2,1-4H3,(H,59,60)/t35-,37-/m1/s1. The third-order valence-electron chi connectivity index (χ3n) is 12.5. The Hall–Kier alpha value is -5.36. The Kier molecular flexibility index (Phi) is 13.8. The van der Waals surface area contributed by atoms with Gasteiger partial charge >= 0.3 is 5.97 Å². The van der Waals surface area contributed by atoms with Gasteiger partial charge in [0.1, 0.15) is 47.8 Å². The first-order valence-corrected chi connectivity index (χ1v) is 23.5. The number of ether oxygens (including phenoxy) is 5. The summed E-state index contributed by atoms with van der Waals surface area (Å²) in [6, 6.07) is 13.3. The van der Waals surface area contributed by atoms with Crippen molar-refractivity contribution in [3.63, 3.8) is 0 Å². The van der Waals surface area contributed by atoms with Gasteiger partial charge in [0.05, 0.1) is 27.2 Å². The minimum Gasteiger partial charge on any atom is -0.490 e. The van der Waals surface area contributed by atoms with Gasteiger partial charge in [-0.15, -0.1) is 11.3 Å². The number of carbonyl (C=O) groups is 1. The van der Waals surface area contributed by atoms with Crippen LogP contribution in [0.2, 0.25) is 10.0 Å². The summed E-state index contributed by atoms with van der Waals surface area (Å²) in [6.45, 7) is 9.53. The minimum atomic E-state index is -1.45. The number of piperidine rings is 1. The van der Waals surface area contributed by atoms with Crippen molar-refractivity contribution in [2.45, 2.75) is 58.0 Å². The van der Waals surface area contributed by atoms with Gasteiger partial charge in [0.25, 0.3) is 0 Å². The van der Waals surface area contributed by atoms with Gasteiger partial charge in [-0.1, -0.05) is 35.3 Å². The predicted molar refractivity (Wildman–Crippen MR) is 252 cm³/mol. The Morgan fingerprint density at radius 2 is 1.68 bits per heavy atom. The summed E-state index contributed by atoms with van der Waals surface area (Å²) in [5, 5.41) is 11.9. The van der Waals surface area contributed by atoms with Crippen LogP contribution in [0.1, 0.15) is 35.2 Å². The number of aliphatic carboxylic acids is 1. The molecule has 1 N–H and O–H groups in total. The summed E-state index contributed by atoms with van der Waals surface area (Å²) in [7, 11) is 3.84. The lowest BCUT2D eigenvalue weighted by atomic mass is 9.92. The number of methoxy groups -OCH3 is 1. The average Bonchev–Trinajstić information content (AvgIpc) is 3.71. The summed E-state index contributed by atoms with van der Waals surface area (Å²) in [5.74, 6) is 0.237. The van der Waals surface area contributed by atoms with Crippen molar-refractivity contribution < 1.29 is 38.0 Å². The maximum Gasteiger partial charge on any atom is 0.345 e. The molecule has 4 aliphatic heterocycles. The molecule has 2 saturated heterocycles. The van der Waals surface area contributed by atoms with Crippen LogP contribution in [0.4, 0.5) is 10.3 Å². The molecule has 0 saturated carbocycles. The molecule has 0 amide bonds. The zero-order valence-corrected chi connectivity index (χ0v) is 39.4. The Balaban J connectivity index is 1.14. The molecule has 3 aromatic carbocycles. The highest BCUT2D eigenvalue weighted by molar-refractivity contribution is 7.22. The highest BCUT2D eigenvalue weighted by Crippen LogP contribution is 2.53. The van der Waals surface area contributed by atoms with Crippen molar-refractivity contribution >= 4 is 56.7 Å². The van der Waals surface area contributed by atoms with Crippen LogP contribution in [-0.4, -0.2) is 126 Å². The number of anilines is 1. The zero-order valence-electron chi connectivity index (χ0n) is 37.1. The quantitative estimate of drug-likeness (QED) is 0.148. The number of fused-ring (bicyclic) bond motifs is 7. The molecule has 4 aliphatic rings. The highest BCUT2D eigenvalue weighted by Gasteiger charge is 2.32. The number of nitrogens with zero attached hydrogens (tertiary/aromatic N) is 7. The van der Waals surface area contributed by atoms with E-state index in [0.29, 0.717) is 94.0 Å². The highest BCUT2D eigenvalue weighted by atomic mass is 35.5. The van der Waals surface area contributed by atoms with Gasteiger partial charge in [-0.25, -0.2) is 29.1 Å². The lowest BCUT2D eigenvalue weighted by Crippen LogP contribution is -2.49. The number of rotatable bonds is 9. The zero-order chi connectivity index (χ0) is 46.1. The molecule has 14 nitrogen and oxygen atoms in total. The van der Waals surface area contributed by atoms with E-state index in [1.54, 1.807) is 49.7 Å². The smallest absolute Gasteiger partial charge is 0.345 e. The molecule has 3 aromatic heterocycles. The number of carboxylic acids is 1. The summed E-state index contributed by atoms with van der Waals surface area (Å²) in [6.07, 6.45) is 2.91. The molecular formula is C48H50Cl2FN7O7S. The topological polar surface area (TPSA) is 145 Å². The SMILES string of the molecule is COC1CCN(c2nccc(COc3ccc4cc3C[C@H](C(=O)O)Oc3ncnc5sc(-c6ccc(F)cc6)c(c35)-c3c(C)c(Cl)c(c(Cl)c3C)O[C@H](CN3CCN(C)CC3)CO4)n2)CC1. The number of thiophene rings is 1. The van der Waals surface area contributed by atoms with Gasteiger partial charge in [-0.2, -0.15) is 0 Å². The third-order valence-corrected chi connectivity index (χ3v) is 14.6. The summed E-state index contributed by atoms with van der Waals surface area (Å²) in [5.41, 5.74) is 4.47. The maximum atomic E-state index is 14.4. The summed E-state index contributed by atoms with van der Waals surface area (Å²) < 4.78 is 46.2. The Morgan fingerprint density at radius 1 is 0.939 bits per heavy atom.